The first-order valence-electron chi connectivity index (χ1n) is 22.3. The van der Waals surface area contributed by atoms with E-state index in [0.717, 1.165) is 57.8 Å². The molecule has 0 bridgehead atoms. The number of hydrogen-bond acceptors (Lipinski definition) is 13. The highest BCUT2D eigenvalue weighted by Gasteiger charge is 2.35. The third-order valence-corrected chi connectivity index (χ3v) is 11.0. The molecule has 8 atom stereocenters. The molecule has 1 fully saturated rings. The fraction of sp³-hybridized carbons (Fsp3) is 0.818. The van der Waals surface area contributed by atoms with E-state index in [9.17, 15) is 39.5 Å². The van der Waals surface area contributed by atoms with Gasteiger partial charge in [-0.1, -0.05) is 121 Å². The molecule has 14 nitrogen and oxygen atoms in total. The quantitative estimate of drug-likeness (QED) is 0.0153. The predicted molar refractivity (Wildman–Crippen MR) is 227 cm³/mol. The third-order valence-electron chi connectivity index (χ3n) is 10.1. The Morgan fingerprint density at radius 2 is 1.32 bits per heavy atom. The van der Waals surface area contributed by atoms with Crippen LogP contribution in [0.2, 0.25) is 0 Å². The zero-order valence-electron chi connectivity index (χ0n) is 36.0. The minimum atomic E-state index is -4.69. The fourth-order valence-electron chi connectivity index (χ4n) is 6.50. The minimum absolute atomic E-state index is 0.0457. The molecule has 6 N–H and O–H groups in total. The van der Waals surface area contributed by atoms with Crippen LogP contribution in [0.1, 0.15) is 162 Å². The van der Waals surface area contributed by atoms with Crippen molar-refractivity contribution in [2.45, 2.75) is 198 Å². The van der Waals surface area contributed by atoms with Crippen LogP contribution in [0.25, 0.3) is 0 Å². The molecule has 15 heteroatoms. The number of unbranched alkanes of at least 4 members (excludes halogenated alkanes) is 14. The SMILES string of the molecule is CCCCCCCC/C=C\CCCCCCCC(=O)O[C@H](COC(=O)CCC/C=C\C[C@H]1[C@@H](O)CC(O)O[C@@H]1/C=C/[C@@H](O)CCCCC)COP(=O)(O)OC[C@@H](O)CO. The van der Waals surface area contributed by atoms with Gasteiger partial charge in [0.2, 0.25) is 0 Å². The van der Waals surface area contributed by atoms with Crippen LogP contribution >= 0.6 is 7.82 Å². The van der Waals surface area contributed by atoms with Gasteiger partial charge < -0.3 is 44.6 Å². The van der Waals surface area contributed by atoms with Crippen LogP contribution in [0.4, 0.5) is 0 Å². The predicted octanol–water partition coefficient (Wildman–Crippen LogP) is 7.66. The van der Waals surface area contributed by atoms with Crippen LogP contribution in [0, 0.1) is 5.92 Å². The Hall–Kier alpha value is -1.97. The van der Waals surface area contributed by atoms with Gasteiger partial charge in [0.05, 0.1) is 38.1 Å². The molecule has 0 aromatic heterocycles. The molecule has 1 aliphatic heterocycles. The summed E-state index contributed by atoms with van der Waals surface area (Å²) in [6.45, 7) is 1.95. The van der Waals surface area contributed by atoms with E-state index in [-0.39, 0.29) is 25.2 Å². The first-order chi connectivity index (χ1) is 28.4. The number of carbonyl (C=O) groups excluding carboxylic acids is 2. The van der Waals surface area contributed by atoms with Crippen molar-refractivity contribution in [3.05, 3.63) is 36.5 Å². The molecule has 1 rings (SSSR count). The highest BCUT2D eigenvalue weighted by molar-refractivity contribution is 7.47. The van der Waals surface area contributed by atoms with Crippen LogP contribution in [-0.4, -0.2) is 106 Å². The van der Waals surface area contributed by atoms with Crippen molar-refractivity contribution in [1.29, 1.82) is 0 Å². The summed E-state index contributed by atoms with van der Waals surface area (Å²) in [6, 6.07) is 0. The molecule has 0 spiro atoms. The van der Waals surface area contributed by atoms with Crippen molar-refractivity contribution in [3.63, 3.8) is 0 Å². The highest BCUT2D eigenvalue weighted by atomic mass is 31.2. The summed E-state index contributed by atoms with van der Waals surface area (Å²) in [5, 5.41) is 49.3. The highest BCUT2D eigenvalue weighted by Crippen LogP contribution is 2.43. The zero-order chi connectivity index (χ0) is 43.6. The maximum atomic E-state index is 12.7. The van der Waals surface area contributed by atoms with E-state index in [2.05, 4.69) is 30.5 Å². The Balaban J connectivity index is 2.50. The number of phosphoric ester groups is 1. The number of esters is 2. The number of phosphoric acid groups is 1. The molecule has 59 heavy (non-hydrogen) atoms. The molecule has 344 valence electrons. The molecule has 0 aromatic rings. The lowest BCUT2D eigenvalue weighted by Crippen LogP contribution is -2.43. The van der Waals surface area contributed by atoms with E-state index in [1.54, 1.807) is 12.2 Å². The Bertz CT molecular complexity index is 1200. The van der Waals surface area contributed by atoms with E-state index in [4.69, 9.17) is 23.8 Å². The van der Waals surface area contributed by atoms with Gasteiger partial charge in [-0.3, -0.25) is 18.6 Å². The maximum Gasteiger partial charge on any atom is 0.472 e. The lowest BCUT2D eigenvalue weighted by Gasteiger charge is -2.36. The summed E-state index contributed by atoms with van der Waals surface area (Å²) in [7, 11) is -4.69. The van der Waals surface area contributed by atoms with Crippen LogP contribution in [0.15, 0.2) is 36.5 Å². The van der Waals surface area contributed by atoms with Crippen LogP contribution in [-0.2, 0) is 37.4 Å². The van der Waals surface area contributed by atoms with Crippen molar-refractivity contribution in [3.8, 4) is 0 Å². The number of allylic oxidation sites excluding steroid dienone is 4. The maximum absolute atomic E-state index is 12.7. The second kappa shape index (κ2) is 35.6. The first-order valence-corrected chi connectivity index (χ1v) is 23.8. The number of ether oxygens (including phenoxy) is 3. The van der Waals surface area contributed by atoms with Crippen molar-refractivity contribution >= 4 is 19.8 Å². The summed E-state index contributed by atoms with van der Waals surface area (Å²) in [6.07, 6.45) is 25.8. The molecule has 1 heterocycles. The second-order valence-electron chi connectivity index (χ2n) is 15.6. The molecule has 1 saturated heterocycles. The summed E-state index contributed by atoms with van der Waals surface area (Å²) in [5.41, 5.74) is 0. The second-order valence-corrected chi connectivity index (χ2v) is 17.0. The van der Waals surface area contributed by atoms with Crippen LogP contribution < -0.4 is 0 Å². The average molecular weight is 863 g/mol. The van der Waals surface area contributed by atoms with Gasteiger partial charge in [0.15, 0.2) is 12.4 Å². The van der Waals surface area contributed by atoms with Gasteiger partial charge in [-0.15, -0.1) is 0 Å². The van der Waals surface area contributed by atoms with Gasteiger partial charge in [0.1, 0.15) is 12.7 Å². The first kappa shape index (κ1) is 55.0. The van der Waals surface area contributed by atoms with Gasteiger partial charge in [-0.25, -0.2) is 4.57 Å². The van der Waals surface area contributed by atoms with Gasteiger partial charge in [-0.05, 0) is 57.8 Å². The summed E-state index contributed by atoms with van der Waals surface area (Å²) in [4.78, 5) is 35.2. The third kappa shape index (κ3) is 30.7. The van der Waals surface area contributed by atoms with E-state index in [1.807, 2.05) is 12.2 Å². The summed E-state index contributed by atoms with van der Waals surface area (Å²) in [5.74, 6) is -1.46. The molecule has 0 amide bonds. The standard InChI is InChI=1S/C44H79O14P/c1-3-5-7-8-9-10-11-12-13-14-15-16-17-18-24-28-43(50)57-38(35-56-59(52,53)55-33-37(47)32-45)34-54-42(49)27-23-20-19-22-26-39-40(48)31-44(51)58-41(39)30-29-36(46)25-21-6-4-2/h12-13,19,22,29-30,36-41,44-48,51H,3-11,14-18,20-21,23-28,31-35H2,1-2H3,(H,52,53)/b13-12-,22-19-,30-29+/t36-,37-,38+,39-,40-,41+,44?/m0/s1. The lowest BCUT2D eigenvalue weighted by atomic mass is 9.87. The Kier molecular flexibility index (Phi) is 33.2. The van der Waals surface area contributed by atoms with Gasteiger partial charge in [-0.2, -0.15) is 0 Å². The van der Waals surface area contributed by atoms with E-state index >= 15 is 0 Å². The monoisotopic (exact) mass is 863 g/mol. The lowest BCUT2D eigenvalue weighted by molar-refractivity contribution is -0.199. The molecular formula is C44H79O14P. The number of rotatable bonds is 37. The van der Waals surface area contributed by atoms with E-state index in [1.165, 1.54) is 38.5 Å². The van der Waals surface area contributed by atoms with Gasteiger partial charge in [0, 0.05) is 25.2 Å². The number of aliphatic hydroxyl groups is 5. The molecule has 0 saturated carbocycles. The molecule has 0 aliphatic carbocycles. The minimum Gasteiger partial charge on any atom is -0.462 e. The van der Waals surface area contributed by atoms with Gasteiger partial charge >= 0.3 is 19.8 Å². The average Bonchev–Trinajstić information content (AvgIpc) is 3.20. The van der Waals surface area contributed by atoms with E-state index < -0.39 is 83.0 Å². The largest absolute Gasteiger partial charge is 0.472 e. The number of aliphatic hydroxyl groups excluding tert-OH is 5. The topological polar surface area (TPSA) is 219 Å². The number of hydrogen-bond donors (Lipinski definition) is 6. The molecule has 0 radical (unpaired) electrons. The van der Waals surface area contributed by atoms with Crippen molar-refractivity contribution in [2.24, 2.45) is 5.92 Å². The van der Waals surface area contributed by atoms with Crippen LogP contribution in [0.3, 0.4) is 0 Å². The normalized spacial score (nSPS) is 21.2. The van der Waals surface area contributed by atoms with Crippen molar-refractivity contribution in [2.75, 3.05) is 26.4 Å². The number of carbonyl (C=O) groups is 2. The Morgan fingerprint density at radius 3 is 2.00 bits per heavy atom. The fourth-order valence-corrected chi connectivity index (χ4v) is 7.29. The summed E-state index contributed by atoms with van der Waals surface area (Å²) < 4.78 is 38.3. The van der Waals surface area contributed by atoms with Gasteiger partial charge in [0.25, 0.3) is 0 Å². The molecular weight excluding hydrogens is 783 g/mol. The van der Waals surface area contributed by atoms with Crippen molar-refractivity contribution < 1.29 is 67.8 Å². The molecule has 1 aliphatic rings. The Labute approximate surface area is 354 Å². The van der Waals surface area contributed by atoms with Crippen LogP contribution in [0.5, 0.6) is 0 Å². The van der Waals surface area contributed by atoms with E-state index in [0.29, 0.717) is 32.1 Å². The molecule has 0 aromatic carbocycles. The van der Waals surface area contributed by atoms with Crippen molar-refractivity contribution in [1.82, 2.24) is 0 Å². The molecule has 2 unspecified atom stereocenters. The Morgan fingerprint density at radius 1 is 0.746 bits per heavy atom. The summed E-state index contributed by atoms with van der Waals surface area (Å²) >= 11 is 0. The zero-order valence-corrected chi connectivity index (χ0v) is 36.9. The smallest absolute Gasteiger partial charge is 0.462 e.